The minimum absolute atomic E-state index is 0. The van der Waals surface area contributed by atoms with Gasteiger partial charge in [-0.1, -0.05) is 20.8 Å². The van der Waals surface area contributed by atoms with Crippen molar-refractivity contribution in [3.63, 3.8) is 0 Å². The molecule has 0 aliphatic carbocycles. The smallest absolute Gasteiger partial charge is 0.0703 e. The zero-order valence-corrected chi connectivity index (χ0v) is 12.0. The average Bonchev–Trinajstić information content (AvgIpc) is 2.46. The van der Waals surface area contributed by atoms with E-state index in [1.807, 2.05) is 6.61 Å². The van der Waals surface area contributed by atoms with Crippen molar-refractivity contribution in [2.75, 3.05) is 6.61 Å². The third-order valence-electron chi connectivity index (χ3n) is 3.16. The van der Waals surface area contributed by atoms with Gasteiger partial charge in [0.1, 0.15) is 0 Å². The van der Waals surface area contributed by atoms with Crippen LogP contribution >= 0.6 is 0 Å². The molecule has 2 aliphatic rings. The summed E-state index contributed by atoms with van der Waals surface area (Å²) >= 11 is 0. The molecule has 0 unspecified atom stereocenters. The van der Waals surface area contributed by atoms with E-state index < -0.39 is 0 Å². The molecule has 0 N–H and O–H groups in total. The van der Waals surface area contributed by atoms with Gasteiger partial charge in [-0.05, 0) is 17.9 Å². The first-order valence-electron chi connectivity index (χ1n) is 4.29. The van der Waals surface area contributed by atoms with E-state index in [0.717, 1.165) is 6.61 Å². The third kappa shape index (κ3) is 1.30. The molecule has 0 amide bonds. The van der Waals surface area contributed by atoms with Crippen molar-refractivity contribution in [3.05, 3.63) is 6.61 Å². The Labute approximate surface area is 97.8 Å². The second-order valence-corrected chi connectivity index (χ2v) is 3.93. The molecule has 0 spiro atoms. The van der Waals surface area contributed by atoms with Crippen molar-refractivity contribution in [2.24, 2.45) is 11.8 Å². The first-order valence-corrected chi connectivity index (χ1v) is 4.29. The van der Waals surface area contributed by atoms with Gasteiger partial charge in [0.15, 0.2) is 0 Å². The van der Waals surface area contributed by atoms with Gasteiger partial charge in [0.05, 0.1) is 12.2 Å². The molecule has 0 aromatic heterocycles. The topological polar surface area (TPSA) is 18.5 Å². The SMILES string of the molecule is CC(C)[C@@]12CO[C@@H]([CH-]O1)[C@@H]2C.[U]. The van der Waals surface area contributed by atoms with Crippen LogP contribution in [0.3, 0.4) is 0 Å². The zero-order valence-electron chi connectivity index (χ0n) is 7.83. The summed E-state index contributed by atoms with van der Waals surface area (Å²) in [7, 11) is 0. The number of fused-ring (bicyclic) bond motifs is 2. The van der Waals surface area contributed by atoms with Crippen LogP contribution in [-0.2, 0) is 9.47 Å². The van der Waals surface area contributed by atoms with Crippen molar-refractivity contribution < 1.29 is 40.6 Å². The number of hydrogen-bond acceptors (Lipinski definition) is 2. The Morgan fingerprint density at radius 2 is 2.17 bits per heavy atom. The van der Waals surface area contributed by atoms with Crippen LogP contribution in [0.15, 0.2) is 0 Å². The van der Waals surface area contributed by atoms with Crippen LogP contribution in [0.4, 0.5) is 0 Å². The van der Waals surface area contributed by atoms with Gasteiger partial charge in [-0.3, -0.25) is 0 Å². The second-order valence-electron chi connectivity index (χ2n) is 3.93. The van der Waals surface area contributed by atoms with E-state index in [4.69, 9.17) is 9.47 Å². The van der Waals surface area contributed by atoms with Gasteiger partial charge in [-0.15, -0.1) is 0 Å². The molecule has 2 heterocycles. The first kappa shape index (κ1) is 11.0. The van der Waals surface area contributed by atoms with Gasteiger partial charge in [-0.25, -0.2) is 0 Å². The number of rotatable bonds is 1. The van der Waals surface area contributed by atoms with Gasteiger partial charge in [-0.2, -0.15) is 6.61 Å². The summed E-state index contributed by atoms with van der Waals surface area (Å²) in [6.45, 7) is 9.23. The van der Waals surface area contributed by atoms with Crippen LogP contribution < -0.4 is 0 Å². The van der Waals surface area contributed by atoms with Crippen molar-refractivity contribution in [1.82, 2.24) is 0 Å². The molecule has 2 saturated heterocycles. The zero-order chi connectivity index (χ0) is 8.06. The van der Waals surface area contributed by atoms with E-state index in [1.54, 1.807) is 0 Å². The molecule has 3 atom stereocenters. The second kappa shape index (κ2) is 3.61. The van der Waals surface area contributed by atoms with Crippen LogP contribution in [0.2, 0.25) is 0 Å². The van der Waals surface area contributed by atoms with Crippen LogP contribution in [0.25, 0.3) is 0 Å². The van der Waals surface area contributed by atoms with E-state index in [9.17, 15) is 0 Å². The third-order valence-corrected chi connectivity index (χ3v) is 3.16. The predicted molar refractivity (Wildman–Crippen MR) is 41.9 cm³/mol. The Kier molecular flexibility index (Phi) is 3.33. The Balaban J connectivity index is 0.000000720. The van der Waals surface area contributed by atoms with Crippen LogP contribution in [0, 0.1) is 49.6 Å². The first-order chi connectivity index (χ1) is 5.17. The van der Waals surface area contributed by atoms with Gasteiger partial charge in [0.2, 0.25) is 0 Å². The molecule has 2 nitrogen and oxygen atoms in total. The summed E-state index contributed by atoms with van der Waals surface area (Å²) in [6.07, 6.45) is 0.248. The summed E-state index contributed by atoms with van der Waals surface area (Å²) in [6, 6.07) is 0. The maximum Gasteiger partial charge on any atom is 0.0703 e. The normalized spacial score (nSPS) is 45.0. The Hall–Kier alpha value is 0.972. The van der Waals surface area contributed by atoms with Gasteiger partial charge >= 0.3 is 0 Å². The van der Waals surface area contributed by atoms with Crippen molar-refractivity contribution in [1.29, 1.82) is 0 Å². The molecule has 0 aromatic rings. The minimum atomic E-state index is -0.00926. The van der Waals surface area contributed by atoms with Crippen LogP contribution in [0.5, 0.6) is 0 Å². The van der Waals surface area contributed by atoms with E-state index >= 15 is 0 Å². The van der Waals surface area contributed by atoms with Gasteiger partial charge in [0, 0.05) is 31.1 Å². The molecule has 2 rings (SSSR count). The Morgan fingerprint density at radius 1 is 1.50 bits per heavy atom. The quantitative estimate of drug-likeness (QED) is 0.631. The van der Waals surface area contributed by atoms with Gasteiger partial charge in [0.25, 0.3) is 0 Å². The molecule has 2 bridgehead atoms. The molecular weight excluding hydrogens is 378 g/mol. The average molecular weight is 393 g/mol. The molecule has 0 saturated carbocycles. The standard InChI is InChI=1S/C9H15O2.U/c1-6(2)9-5-10-8(4-11-9)7(9)3;/h4,6-8H,5H2,1-3H3;/q-1;/t7-,8-,9+;/m0./s1. The number of hydrogen-bond donors (Lipinski definition) is 0. The fourth-order valence-corrected chi connectivity index (χ4v) is 2.10. The van der Waals surface area contributed by atoms with E-state index in [1.165, 1.54) is 0 Å². The summed E-state index contributed by atoms with van der Waals surface area (Å²) in [5.41, 5.74) is -0.00926. The molecule has 0 aromatic carbocycles. The maximum atomic E-state index is 5.66. The van der Waals surface area contributed by atoms with Crippen LogP contribution in [0.1, 0.15) is 20.8 Å². The molecule has 68 valence electrons. The van der Waals surface area contributed by atoms with Crippen molar-refractivity contribution in [2.45, 2.75) is 32.5 Å². The maximum absolute atomic E-state index is 5.66. The van der Waals surface area contributed by atoms with E-state index in [2.05, 4.69) is 20.8 Å². The Bertz CT molecular complexity index is 162. The fraction of sp³-hybridized carbons (Fsp3) is 0.889. The molecule has 3 heteroatoms. The monoisotopic (exact) mass is 393 g/mol. The van der Waals surface area contributed by atoms with E-state index in [0.29, 0.717) is 11.8 Å². The van der Waals surface area contributed by atoms with Crippen molar-refractivity contribution >= 4 is 0 Å². The summed E-state index contributed by atoms with van der Waals surface area (Å²) in [5.74, 6) is 1.07. The van der Waals surface area contributed by atoms with E-state index in [-0.39, 0.29) is 42.8 Å². The molecule has 0 radical (unpaired) electrons. The summed E-state index contributed by atoms with van der Waals surface area (Å²) in [4.78, 5) is 0. The Morgan fingerprint density at radius 3 is 2.33 bits per heavy atom. The van der Waals surface area contributed by atoms with Crippen LogP contribution in [-0.4, -0.2) is 18.3 Å². The van der Waals surface area contributed by atoms with Gasteiger partial charge < -0.3 is 9.47 Å². The predicted octanol–water partition coefficient (Wildman–Crippen LogP) is 1.61. The number of ether oxygens (including phenoxy) is 2. The molecular formula is C9H15O2U-. The molecule has 2 aliphatic heterocycles. The summed E-state index contributed by atoms with van der Waals surface area (Å²) < 4.78 is 11.2. The largest absolute Gasteiger partial charge is 0.543 e. The summed E-state index contributed by atoms with van der Waals surface area (Å²) in [5, 5.41) is 0. The molecule has 12 heavy (non-hydrogen) atoms. The molecule has 2 fully saturated rings. The minimum Gasteiger partial charge on any atom is -0.543 e. The van der Waals surface area contributed by atoms with Crippen molar-refractivity contribution in [3.8, 4) is 0 Å². The fourth-order valence-electron chi connectivity index (χ4n) is 2.10.